The molecule has 0 atom stereocenters. The van der Waals surface area contributed by atoms with Crippen LogP contribution in [0.3, 0.4) is 0 Å². The summed E-state index contributed by atoms with van der Waals surface area (Å²) >= 11 is 7.41. The fourth-order valence-electron chi connectivity index (χ4n) is 3.90. The Hall–Kier alpha value is -2.05. The largest absolute Gasteiger partial charge is 0.478 e. The molecule has 0 bridgehead atoms. The predicted molar refractivity (Wildman–Crippen MR) is 122 cm³/mol. The molecule has 4 nitrogen and oxygen atoms in total. The third kappa shape index (κ3) is 4.50. The smallest absolute Gasteiger partial charge is 0.335 e. The number of rotatable bonds is 3. The lowest BCUT2D eigenvalue weighted by atomic mass is 9.76. The number of thiocarbonyl (C=S) groups is 1. The van der Waals surface area contributed by atoms with Crippen molar-refractivity contribution in [2.45, 2.75) is 56.1 Å². The summed E-state index contributed by atoms with van der Waals surface area (Å²) in [6, 6.07) is 11.0. The molecule has 0 radical (unpaired) electrons. The zero-order chi connectivity index (χ0) is 20.7. The number of fused-ring (bicyclic) bond motifs is 1. The van der Waals surface area contributed by atoms with Crippen molar-refractivity contribution in [1.82, 2.24) is 0 Å². The molecule has 1 aliphatic rings. The second-order valence-electron chi connectivity index (χ2n) is 8.55. The van der Waals surface area contributed by atoms with Crippen LogP contribution in [0.1, 0.15) is 55.6 Å². The van der Waals surface area contributed by atoms with Gasteiger partial charge in [0.05, 0.1) is 5.56 Å². The van der Waals surface area contributed by atoms with Crippen molar-refractivity contribution in [3.63, 3.8) is 0 Å². The van der Waals surface area contributed by atoms with Gasteiger partial charge in [0.2, 0.25) is 0 Å². The van der Waals surface area contributed by atoms with Crippen LogP contribution in [-0.2, 0) is 5.41 Å². The minimum absolute atomic E-state index is 0.0932. The first-order valence-corrected chi connectivity index (χ1v) is 10.4. The number of thioether (sulfide) groups is 1. The molecule has 148 valence electrons. The van der Waals surface area contributed by atoms with Crippen molar-refractivity contribution in [1.29, 1.82) is 0 Å². The highest BCUT2D eigenvalue weighted by molar-refractivity contribution is 8.00. The highest BCUT2D eigenvalue weighted by Crippen LogP contribution is 2.51. The normalized spacial score (nSPS) is 16.8. The molecule has 0 aromatic heterocycles. The van der Waals surface area contributed by atoms with E-state index in [9.17, 15) is 4.79 Å². The van der Waals surface area contributed by atoms with Crippen LogP contribution < -0.4 is 10.6 Å². The van der Waals surface area contributed by atoms with Crippen molar-refractivity contribution in [2.75, 3.05) is 10.6 Å². The van der Waals surface area contributed by atoms with Gasteiger partial charge in [0, 0.05) is 21.0 Å². The van der Waals surface area contributed by atoms with Crippen molar-refractivity contribution in [3.8, 4) is 0 Å². The van der Waals surface area contributed by atoms with Crippen LogP contribution in [-0.4, -0.2) is 20.9 Å². The van der Waals surface area contributed by atoms with Crippen LogP contribution in [0, 0.1) is 6.92 Å². The summed E-state index contributed by atoms with van der Waals surface area (Å²) in [5.74, 6) is -0.944. The van der Waals surface area contributed by atoms with Gasteiger partial charge in [-0.15, -0.1) is 11.8 Å². The van der Waals surface area contributed by atoms with Crippen molar-refractivity contribution >= 4 is 46.4 Å². The fourth-order valence-corrected chi connectivity index (χ4v) is 5.84. The number of aryl methyl sites for hydroxylation is 1. The number of benzene rings is 2. The Balaban J connectivity index is 1.79. The molecule has 1 aliphatic heterocycles. The van der Waals surface area contributed by atoms with E-state index < -0.39 is 5.97 Å². The Morgan fingerprint density at radius 2 is 1.75 bits per heavy atom. The van der Waals surface area contributed by atoms with Gasteiger partial charge in [-0.1, -0.05) is 27.7 Å². The molecule has 1 heterocycles. The van der Waals surface area contributed by atoms with Crippen LogP contribution in [0.4, 0.5) is 11.4 Å². The molecule has 0 aliphatic carbocycles. The second kappa shape index (κ2) is 7.41. The lowest BCUT2D eigenvalue weighted by Gasteiger charge is -2.42. The van der Waals surface area contributed by atoms with Crippen LogP contribution in [0.25, 0.3) is 0 Å². The zero-order valence-corrected chi connectivity index (χ0v) is 18.5. The molecule has 0 fully saturated rings. The van der Waals surface area contributed by atoms with Crippen molar-refractivity contribution < 1.29 is 9.90 Å². The summed E-state index contributed by atoms with van der Waals surface area (Å²) in [6.07, 6.45) is 1.11. The van der Waals surface area contributed by atoms with Gasteiger partial charge in [-0.25, -0.2) is 4.79 Å². The Labute approximate surface area is 176 Å². The lowest BCUT2D eigenvalue weighted by molar-refractivity contribution is 0.0697. The average molecular weight is 415 g/mol. The maximum absolute atomic E-state index is 11.0. The van der Waals surface area contributed by atoms with E-state index in [1.807, 2.05) is 11.8 Å². The Bertz CT molecular complexity index is 934. The van der Waals surface area contributed by atoms with E-state index in [4.69, 9.17) is 17.3 Å². The van der Waals surface area contributed by atoms with Gasteiger partial charge in [0.25, 0.3) is 0 Å². The lowest BCUT2D eigenvalue weighted by Crippen LogP contribution is -2.34. The molecule has 0 saturated heterocycles. The number of aromatic carboxylic acids is 1. The third-order valence-corrected chi connectivity index (χ3v) is 6.41. The number of carboxylic acid groups (broad SMARTS) is 1. The van der Waals surface area contributed by atoms with Crippen LogP contribution >= 0.6 is 24.0 Å². The Morgan fingerprint density at radius 1 is 1.11 bits per heavy atom. The highest BCUT2D eigenvalue weighted by atomic mass is 32.2. The number of anilines is 2. The molecule has 0 saturated carbocycles. The third-order valence-electron chi connectivity index (χ3n) is 4.95. The van der Waals surface area contributed by atoms with Gasteiger partial charge in [0.15, 0.2) is 5.11 Å². The molecule has 0 amide bonds. The number of carboxylic acids is 1. The summed E-state index contributed by atoms with van der Waals surface area (Å²) in [7, 11) is 0. The quantitative estimate of drug-likeness (QED) is 0.531. The van der Waals surface area contributed by atoms with E-state index in [-0.39, 0.29) is 15.7 Å². The van der Waals surface area contributed by atoms with Crippen molar-refractivity contribution in [3.05, 3.63) is 53.1 Å². The van der Waals surface area contributed by atoms with Gasteiger partial charge >= 0.3 is 5.97 Å². The number of carbonyl (C=O) groups is 1. The maximum Gasteiger partial charge on any atom is 0.335 e. The molecule has 6 heteroatoms. The minimum Gasteiger partial charge on any atom is -0.478 e. The summed E-state index contributed by atoms with van der Waals surface area (Å²) in [5, 5.41) is 15.9. The molecule has 2 aromatic carbocycles. The summed E-state index contributed by atoms with van der Waals surface area (Å²) in [4.78, 5) is 12.3. The summed E-state index contributed by atoms with van der Waals surface area (Å²) < 4.78 is 0.219. The van der Waals surface area contributed by atoms with Gasteiger partial charge in [-0.05, 0) is 78.5 Å². The van der Waals surface area contributed by atoms with E-state index in [1.54, 1.807) is 24.3 Å². The minimum atomic E-state index is -0.944. The standard InChI is InChI=1S/C22H26N2O2S2/c1-13-10-18-16(21(2,3)12-22(4,5)28-18)11-17(13)24-20(27)23-15-8-6-14(7-9-15)19(25)26/h6-11H,12H2,1-5H3,(H,25,26)(H2,23,24,27). The number of hydrogen-bond donors (Lipinski definition) is 3. The average Bonchev–Trinajstić information content (AvgIpc) is 2.55. The van der Waals surface area contributed by atoms with E-state index in [2.05, 4.69) is 57.4 Å². The zero-order valence-electron chi connectivity index (χ0n) is 16.8. The molecular weight excluding hydrogens is 388 g/mol. The first-order valence-electron chi connectivity index (χ1n) is 9.22. The van der Waals surface area contributed by atoms with E-state index in [0.717, 1.165) is 23.4 Å². The SMILES string of the molecule is Cc1cc2c(cc1NC(=S)Nc1ccc(C(=O)O)cc1)C(C)(C)CC(C)(C)S2. The molecule has 3 N–H and O–H groups in total. The topological polar surface area (TPSA) is 61.4 Å². The molecule has 2 aromatic rings. The first kappa shape index (κ1) is 20.7. The Morgan fingerprint density at radius 3 is 2.36 bits per heavy atom. The van der Waals surface area contributed by atoms with Gasteiger partial charge in [0.1, 0.15) is 0 Å². The molecule has 3 rings (SSSR count). The van der Waals surface area contributed by atoms with Crippen LogP contribution in [0.5, 0.6) is 0 Å². The van der Waals surface area contributed by atoms with Gasteiger partial charge < -0.3 is 15.7 Å². The van der Waals surface area contributed by atoms with Gasteiger partial charge in [-0.2, -0.15) is 0 Å². The predicted octanol–water partition coefficient (Wildman–Crippen LogP) is 6.05. The van der Waals surface area contributed by atoms with Crippen LogP contribution in [0.15, 0.2) is 41.3 Å². The number of nitrogens with one attached hydrogen (secondary N) is 2. The molecule has 0 unspecified atom stereocenters. The van der Waals surface area contributed by atoms with E-state index in [0.29, 0.717) is 5.11 Å². The van der Waals surface area contributed by atoms with E-state index >= 15 is 0 Å². The number of hydrogen-bond acceptors (Lipinski definition) is 3. The summed E-state index contributed by atoms with van der Waals surface area (Å²) in [5.41, 5.74) is 4.57. The molecule has 28 heavy (non-hydrogen) atoms. The highest BCUT2D eigenvalue weighted by Gasteiger charge is 2.38. The fraction of sp³-hybridized carbons (Fsp3) is 0.364. The Kier molecular flexibility index (Phi) is 5.47. The van der Waals surface area contributed by atoms with Crippen LogP contribution in [0.2, 0.25) is 0 Å². The first-order chi connectivity index (χ1) is 13.0. The monoisotopic (exact) mass is 414 g/mol. The second-order valence-corrected chi connectivity index (χ2v) is 10.7. The van der Waals surface area contributed by atoms with E-state index in [1.165, 1.54) is 10.5 Å². The maximum atomic E-state index is 11.0. The van der Waals surface area contributed by atoms with Crippen molar-refractivity contribution in [2.24, 2.45) is 0 Å². The molecular formula is C22H26N2O2S2. The summed E-state index contributed by atoms with van der Waals surface area (Å²) in [6.45, 7) is 11.3. The molecule has 0 spiro atoms. The van der Waals surface area contributed by atoms with Gasteiger partial charge in [-0.3, -0.25) is 0 Å².